The number of hydrogen-bond acceptors (Lipinski definition) is 3. The molecule has 1 N–H and O–H groups in total. The molecule has 4 nitrogen and oxygen atoms in total. The maximum absolute atomic E-state index is 13.7. The molecule has 2 heterocycles. The quantitative estimate of drug-likeness (QED) is 0.883. The Hall–Kier alpha value is -1.17. The first-order valence-electron chi connectivity index (χ1n) is 8.65. The maximum Gasteiger partial charge on any atom is 0.224 e. The van der Waals surface area contributed by atoms with E-state index < -0.39 is 5.82 Å². The van der Waals surface area contributed by atoms with Gasteiger partial charge in [0.1, 0.15) is 5.82 Å². The molecule has 1 atom stereocenters. The zero-order valence-corrected chi connectivity index (χ0v) is 14.5. The van der Waals surface area contributed by atoms with Crippen molar-refractivity contribution < 1.29 is 13.9 Å². The van der Waals surface area contributed by atoms with E-state index in [9.17, 15) is 9.18 Å². The van der Waals surface area contributed by atoms with Crippen molar-refractivity contribution >= 4 is 17.5 Å². The van der Waals surface area contributed by atoms with E-state index in [2.05, 4.69) is 10.2 Å². The van der Waals surface area contributed by atoms with Crippen LogP contribution in [0.1, 0.15) is 24.8 Å². The third kappa shape index (κ3) is 4.47. The van der Waals surface area contributed by atoms with Crippen LogP contribution in [-0.2, 0) is 16.0 Å². The van der Waals surface area contributed by atoms with Gasteiger partial charge in [-0.1, -0.05) is 17.7 Å². The van der Waals surface area contributed by atoms with Crippen LogP contribution in [-0.4, -0.2) is 49.7 Å². The van der Waals surface area contributed by atoms with Crippen LogP contribution >= 0.6 is 11.6 Å². The molecule has 0 spiro atoms. The lowest BCUT2D eigenvalue weighted by Gasteiger charge is -2.35. The molecule has 3 rings (SSSR count). The predicted octanol–water partition coefficient (Wildman–Crippen LogP) is 2.64. The van der Waals surface area contributed by atoms with E-state index in [4.69, 9.17) is 16.3 Å². The number of piperidine rings is 1. The fraction of sp³-hybridized carbons (Fsp3) is 0.611. The molecule has 0 aliphatic carbocycles. The Bertz CT molecular complexity index is 550. The van der Waals surface area contributed by atoms with Crippen LogP contribution in [0, 0.1) is 11.7 Å². The minimum Gasteiger partial charge on any atom is -0.380 e. The summed E-state index contributed by atoms with van der Waals surface area (Å²) in [6.45, 7) is 4.51. The number of halogens is 2. The van der Waals surface area contributed by atoms with Gasteiger partial charge in [-0.25, -0.2) is 4.39 Å². The maximum atomic E-state index is 13.7. The summed E-state index contributed by atoms with van der Waals surface area (Å²) < 4.78 is 19.2. The second kappa shape index (κ2) is 8.28. The van der Waals surface area contributed by atoms with Crippen molar-refractivity contribution in [2.45, 2.75) is 31.7 Å². The number of hydrogen-bond donors (Lipinski definition) is 1. The summed E-state index contributed by atoms with van der Waals surface area (Å²) >= 11 is 5.96. The highest BCUT2D eigenvalue weighted by molar-refractivity contribution is 6.31. The smallest absolute Gasteiger partial charge is 0.224 e. The zero-order chi connectivity index (χ0) is 16.9. The largest absolute Gasteiger partial charge is 0.380 e. The molecule has 0 bridgehead atoms. The van der Waals surface area contributed by atoms with Crippen LogP contribution in [0.2, 0.25) is 5.02 Å². The number of carbonyl (C=O) groups is 1. The summed E-state index contributed by atoms with van der Waals surface area (Å²) in [5, 5.41) is 3.24. The van der Waals surface area contributed by atoms with Gasteiger partial charge in [-0.3, -0.25) is 9.69 Å². The number of ether oxygens (including phenoxy) is 1. The Morgan fingerprint density at radius 3 is 2.79 bits per heavy atom. The molecular weight excluding hydrogens is 331 g/mol. The molecule has 2 fully saturated rings. The molecule has 2 saturated heterocycles. The Balaban J connectivity index is 1.41. The van der Waals surface area contributed by atoms with E-state index >= 15 is 0 Å². The van der Waals surface area contributed by atoms with Gasteiger partial charge in [-0.15, -0.1) is 0 Å². The summed E-state index contributed by atoms with van der Waals surface area (Å²) in [7, 11) is 0. The average Bonchev–Trinajstić information content (AvgIpc) is 3.11. The first kappa shape index (κ1) is 17.6. The highest BCUT2D eigenvalue weighted by Crippen LogP contribution is 2.22. The fourth-order valence-corrected chi connectivity index (χ4v) is 3.74. The Labute approximate surface area is 147 Å². The number of likely N-dealkylation sites (tertiary alicyclic amines) is 1. The van der Waals surface area contributed by atoms with Crippen LogP contribution < -0.4 is 5.32 Å². The molecule has 1 aromatic rings. The molecule has 0 radical (unpaired) electrons. The van der Waals surface area contributed by atoms with Crippen molar-refractivity contribution in [2.24, 2.45) is 5.92 Å². The Morgan fingerprint density at radius 1 is 1.33 bits per heavy atom. The third-order valence-corrected chi connectivity index (χ3v) is 5.41. The number of nitrogens with one attached hydrogen (secondary N) is 1. The van der Waals surface area contributed by atoms with Crippen LogP contribution in [0.5, 0.6) is 0 Å². The molecule has 6 heteroatoms. The summed E-state index contributed by atoms with van der Waals surface area (Å²) in [4.78, 5) is 14.6. The van der Waals surface area contributed by atoms with Crippen LogP contribution in [0.15, 0.2) is 18.2 Å². The van der Waals surface area contributed by atoms with E-state index in [1.807, 2.05) is 0 Å². The summed E-state index contributed by atoms with van der Waals surface area (Å²) in [5.74, 6) is -0.109. The van der Waals surface area contributed by atoms with Crippen LogP contribution in [0.4, 0.5) is 4.39 Å². The topological polar surface area (TPSA) is 41.6 Å². The molecule has 132 valence electrons. The molecule has 0 saturated carbocycles. The van der Waals surface area contributed by atoms with Crippen molar-refractivity contribution in [3.05, 3.63) is 34.6 Å². The molecule has 24 heavy (non-hydrogen) atoms. The van der Waals surface area contributed by atoms with Gasteiger partial charge in [0.2, 0.25) is 5.91 Å². The van der Waals surface area contributed by atoms with E-state index in [-0.39, 0.29) is 17.9 Å². The van der Waals surface area contributed by atoms with Crippen molar-refractivity contribution in [3.63, 3.8) is 0 Å². The van der Waals surface area contributed by atoms with Crippen molar-refractivity contribution in [2.75, 3.05) is 32.8 Å². The molecule has 0 unspecified atom stereocenters. The van der Waals surface area contributed by atoms with Crippen LogP contribution in [0.3, 0.4) is 0 Å². The standard InChI is InChI=1S/C18H24ClFN2O2/c19-16-2-1-3-17(20)15(16)10-18(23)21-11-13-4-7-22(8-5-13)14-6-9-24-12-14/h1-3,13-14H,4-12H2,(H,21,23)/t14-/m0/s1. The first-order chi connectivity index (χ1) is 11.6. The van der Waals surface area contributed by atoms with E-state index in [1.54, 1.807) is 12.1 Å². The van der Waals surface area contributed by atoms with Gasteiger partial charge >= 0.3 is 0 Å². The molecule has 1 aromatic carbocycles. The predicted molar refractivity (Wildman–Crippen MR) is 91.6 cm³/mol. The van der Waals surface area contributed by atoms with Crippen molar-refractivity contribution in [1.29, 1.82) is 0 Å². The highest BCUT2D eigenvalue weighted by atomic mass is 35.5. The van der Waals surface area contributed by atoms with E-state index in [0.29, 0.717) is 23.5 Å². The highest BCUT2D eigenvalue weighted by Gasteiger charge is 2.27. The van der Waals surface area contributed by atoms with Gasteiger partial charge in [0.15, 0.2) is 0 Å². The Kier molecular flexibility index (Phi) is 6.09. The Morgan fingerprint density at radius 2 is 2.12 bits per heavy atom. The van der Waals surface area contributed by atoms with Gasteiger partial charge in [0.25, 0.3) is 0 Å². The number of benzene rings is 1. The molecule has 1 amide bonds. The molecule has 2 aliphatic heterocycles. The summed E-state index contributed by atoms with van der Waals surface area (Å²) in [6.07, 6.45) is 3.28. The molecular formula is C18H24ClFN2O2. The first-order valence-corrected chi connectivity index (χ1v) is 9.02. The average molecular weight is 355 g/mol. The van der Waals surface area contributed by atoms with Gasteiger partial charge in [0.05, 0.1) is 13.0 Å². The SMILES string of the molecule is O=C(Cc1c(F)cccc1Cl)NCC1CCN([C@H]2CCOC2)CC1. The van der Waals surface area contributed by atoms with Gasteiger partial charge in [-0.2, -0.15) is 0 Å². The number of carbonyl (C=O) groups excluding carboxylic acids is 1. The molecule has 2 aliphatic rings. The second-order valence-corrected chi connectivity index (χ2v) is 7.09. The lowest BCUT2D eigenvalue weighted by Crippen LogP contribution is -2.44. The number of nitrogens with zero attached hydrogens (tertiary/aromatic N) is 1. The van der Waals surface area contributed by atoms with Gasteiger partial charge in [-0.05, 0) is 50.4 Å². The fourth-order valence-electron chi connectivity index (χ4n) is 3.51. The minimum atomic E-state index is -0.426. The normalized spacial score (nSPS) is 22.7. The summed E-state index contributed by atoms with van der Waals surface area (Å²) in [6, 6.07) is 5.05. The van der Waals surface area contributed by atoms with Crippen LogP contribution in [0.25, 0.3) is 0 Å². The zero-order valence-electron chi connectivity index (χ0n) is 13.8. The minimum absolute atomic E-state index is 0.0102. The third-order valence-electron chi connectivity index (χ3n) is 5.06. The van der Waals surface area contributed by atoms with E-state index in [0.717, 1.165) is 45.6 Å². The van der Waals surface area contributed by atoms with Crippen molar-refractivity contribution in [3.8, 4) is 0 Å². The lowest BCUT2D eigenvalue weighted by molar-refractivity contribution is -0.120. The van der Waals surface area contributed by atoms with E-state index in [1.165, 1.54) is 6.07 Å². The number of amides is 1. The second-order valence-electron chi connectivity index (χ2n) is 6.68. The summed E-state index contributed by atoms with van der Waals surface area (Å²) in [5.41, 5.74) is 0.271. The lowest BCUT2D eigenvalue weighted by atomic mass is 9.95. The molecule has 0 aromatic heterocycles. The van der Waals surface area contributed by atoms with Crippen molar-refractivity contribution in [1.82, 2.24) is 10.2 Å². The van der Waals surface area contributed by atoms with Gasteiger partial charge < -0.3 is 10.1 Å². The monoisotopic (exact) mass is 354 g/mol. The number of rotatable bonds is 5. The van der Waals surface area contributed by atoms with Gasteiger partial charge in [0, 0.05) is 29.8 Å².